The second-order valence-electron chi connectivity index (χ2n) is 3.72. The van der Waals surface area contributed by atoms with Crippen LogP contribution in [0.1, 0.15) is 19.8 Å². The van der Waals surface area contributed by atoms with E-state index in [1.54, 1.807) is 0 Å². The first-order valence-electron chi connectivity index (χ1n) is 5.33. The molecular weight excluding hydrogens is 190 g/mol. The van der Waals surface area contributed by atoms with Crippen LogP contribution in [0.3, 0.4) is 0 Å². The molecule has 1 aromatic rings. The maximum Gasteiger partial charge on any atom is 0.227 e. The van der Waals surface area contributed by atoms with Gasteiger partial charge >= 0.3 is 0 Å². The van der Waals surface area contributed by atoms with Crippen LogP contribution in [0.25, 0.3) is 0 Å². The summed E-state index contributed by atoms with van der Waals surface area (Å²) in [4.78, 5) is 11.5. The Balaban J connectivity index is 2.00. The maximum absolute atomic E-state index is 11.5. The normalized spacial score (nSPS) is 14.7. The zero-order valence-electron chi connectivity index (χ0n) is 8.82. The molecule has 3 nitrogen and oxygen atoms in total. The lowest BCUT2D eigenvalue weighted by molar-refractivity contribution is -0.117. The van der Waals surface area contributed by atoms with Gasteiger partial charge < -0.3 is 10.1 Å². The van der Waals surface area contributed by atoms with Crippen molar-refractivity contribution in [1.29, 1.82) is 0 Å². The SMILES string of the molecule is CCOc1cccc(NC(=O)C2CC2)c1. The van der Waals surface area contributed by atoms with E-state index < -0.39 is 0 Å². The lowest BCUT2D eigenvalue weighted by Gasteiger charge is -2.07. The number of ether oxygens (including phenoxy) is 1. The van der Waals surface area contributed by atoms with E-state index in [-0.39, 0.29) is 11.8 Å². The van der Waals surface area contributed by atoms with Crippen molar-refractivity contribution >= 4 is 11.6 Å². The number of nitrogens with one attached hydrogen (secondary N) is 1. The molecule has 1 aromatic carbocycles. The molecule has 2 rings (SSSR count). The minimum atomic E-state index is 0.128. The molecule has 0 heterocycles. The molecular formula is C12H15NO2. The van der Waals surface area contributed by atoms with Gasteiger partial charge in [0, 0.05) is 17.7 Å². The number of hydrogen-bond acceptors (Lipinski definition) is 2. The number of rotatable bonds is 4. The number of anilines is 1. The average Bonchev–Trinajstić information content (AvgIpc) is 3.01. The summed E-state index contributed by atoms with van der Waals surface area (Å²) in [7, 11) is 0. The first-order chi connectivity index (χ1) is 7.29. The fourth-order valence-corrected chi connectivity index (χ4v) is 1.42. The summed E-state index contributed by atoms with van der Waals surface area (Å²) in [5.41, 5.74) is 0.817. The topological polar surface area (TPSA) is 38.3 Å². The first kappa shape index (κ1) is 10.0. The Bertz CT molecular complexity index is 358. The van der Waals surface area contributed by atoms with Crippen LogP contribution in [-0.4, -0.2) is 12.5 Å². The molecule has 0 saturated heterocycles. The van der Waals surface area contributed by atoms with Crippen molar-refractivity contribution < 1.29 is 9.53 Å². The molecule has 0 atom stereocenters. The molecule has 0 bridgehead atoms. The van der Waals surface area contributed by atoms with Gasteiger partial charge in [0.1, 0.15) is 5.75 Å². The van der Waals surface area contributed by atoms with E-state index in [4.69, 9.17) is 4.74 Å². The minimum absolute atomic E-state index is 0.128. The highest BCUT2D eigenvalue weighted by Gasteiger charge is 2.29. The molecule has 0 radical (unpaired) electrons. The van der Waals surface area contributed by atoms with Gasteiger partial charge in [0.05, 0.1) is 6.61 Å². The third kappa shape index (κ3) is 2.72. The molecule has 3 heteroatoms. The van der Waals surface area contributed by atoms with E-state index >= 15 is 0 Å². The highest BCUT2D eigenvalue weighted by molar-refractivity contribution is 5.94. The highest BCUT2D eigenvalue weighted by Crippen LogP contribution is 2.30. The number of carbonyl (C=O) groups is 1. The van der Waals surface area contributed by atoms with Gasteiger partial charge in [-0.15, -0.1) is 0 Å². The van der Waals surface area contributed by atoms with Crippen molar-refractivity contribution in [2.75, 3.05) is 11.9 Å². The predicted octanol–water partition coefficient (Wildman–Crippen LogP) is 2.43. The number of carbonyl (C=O) groups excluding carboxylic acids is 1. The molecule has 1 aliphatic rings. The summed E-state index contributed by atoms with van der Waals surface area (Å²) in [6, 6.07) is 7.50. The average molecular weight is 205 g/mol. The standard InChI is InChI=1S/C12H15NO2/c1-2-15-11-5-3-4-10(8-11)13-12(14)9-6-7-9/h3-5,8-9H,2,6-7H2,1H3,(H,13,14). The van der Waals surface area contributed by atoms with Gasteiger partial charge in [-0.2, -0.15) is 0 Å². The van der Waals surface area contributed by atoms with Crippen molar-refractivity contribution in [2.45, 2.75) is 19.8 Å². The van der Waals surface area contributed by atoms with E-state index in [0.29, 0.717) is 6.61 Å². The van der Waals surface area contributed by atoms with Crippen LogP contribution in [0.4, 0.5) is 5.69 Å². The van der Waals surface area contributed by atoms with E-state index in [1.807, 2.05) is 31.2 Å². The molecule has 15 heavy (non-hydrogen) atoms. The fraction of sp³-hybridized carbons (Fsp3) is 0.417. The van der Waals surface area contributed by atoms with Gasteiger partial charge in [0.2, 0.25) is 5.91 Å². The molecule has 0 aliphatic heterocycles. The number of hydrogen-bond donors (Lipinski definition) is 1. The Morgan fingerprint density at radius 2 is 2.33 bits per heavy atom. The molecule has 1 fully saturated rings. The first-order valence-corrected chi connectivity index (χ1v) is 5.33. The summed E-state index contributed by atoms with van der Waals surface area (Å²) in [5.74, 6) is 1.16. The Morgan fingerprint density at radius 1 is 1.53 bits per heavy atom. The van der Waals surface area contributed by atoms with Crippen LogP contribution >= 0.6 is 0 Å². The van der Waals surface area contributed by atoms with E-state index in [1.165, 1.54) is 0 Å². The van der Waals surface area contributed by atoms with Crippen molar-refractivity contribution in [3.63, 3.8) is 0 Å². The van der Waals surface area contributed by atoms with Gasteiger partial charge in [0.15, 0.2) is 0 Å². The summed E-state index contributed by atoms with van der Waals surface area (Å²) < 4.78 is 5.35. The smallest absolute Gasteiger partial charge is 0.227 e. The van der Waals surface area contributed by atoms with Gasteiger partial charge in [0.25, 0.3) is 0 Å². The van der Waals surface area contributed by atoms with Crippen LogP contribution in [-0.2, 0) is 4.79 Å². The quantitative estimate of drug-likeness (QED) is 0.819. The largest absolute Gasteiger partial charge is 0.494 e. The monoisotopic (exact) mass is 205 g/mol. The van der Waals surface area contributed by atoms with Gasteiger partial charge in [-0.1, -0.05) is 6.07 Å². The lowest BCUT2D eigenvalue weighted by Crippen LogP contribution is -2.13. The molecule has 1 amide bonds. The van der Waals surface area contributed by atoms with Gasteiger partial charge in [-0.25, -0.2) is 0 Å². The third-order valence-electron chi connectivity index (χ3n) is 2.36. The van der Waals surface area contributed by atoms with Crippen molar-refractivity contribution in [2.24, 2.45) is 5.92 Å². The van der Waals surface area contributed by atoms with Crippen LogP contribution in [0.15, 0.2) is 24.3 Å². The van der Waals surface area contributed by atoms with Crippen molar-refractivity contribution in [3.05, 3.63) is 24.3 Å². The summed E-state index contributed by atoms with van der Waals surface area (Å²) in [6.45, 7) is 2.58. The second-order valence-corrected chi connectivity index (χ2v) is 3.72. The van der Waals surface area contributed by atoms with Crippen LogP contribution in [0.5, 0.6) is 5.75 Å². The predicted molar refractivity (Wildman–Crippen MR) is 59.0 cm³/mol. The van der Waals surface area contributed by atoms with E-state index in [2.05, 4.69) is 5.32 Å². The summed E-state index contributed by atoms with van der Waals surface area (Å²) in [6.07, 6.45) is 2.05. The number of benzene rings is 1. The molecule has 80 valence electrons. The van der Waals surface area contributed by atoms with Gasteiger partial charge in [-0.3, -0.25) is 4.79 Å². The Labute approximate surface area is 89.4 Å². The van der Waals surface area contributed by atoms with E-state index in [9.17, 15) is 4.79 Å². The molecule has 0 spiro atoms. The van der Waals surface area contributed by atoms with Crippen LogP contribution in [0, 0.1) is 5.92 Å². The Hall–Kier alpha value is -1.51. The third-order valence-corrected chi connectivity index (χ3v) is 2.36. The molecule has 1 aliphatic carbocycles. The molecule has 1 N–H and O–H groups in total. The van der Waals surface area contributed by atoms with Gasteiger partial charge in [-0.05, 0) is 31.9 Å². The van der Waals surface area contributed by atoms with Crippen molar-refractivity contribution in [1.82, 2.24) is 0 Å². The fourth-order valence-electron chi connectivity index (χ4n) is 1.42. The summed E-state index contributed by atoms with van der Waals surface area (Å²) in [5, 5.41) is 2.88. The Kier molecular flexibility index (Phi) is 2.90. The molecule has 1 saturated carbocycles. The van der Waals surface area contributed by atoms with E-state index in [0.717, 1.165) is 24.3 Å². The highest BCUT2D eigenvalue weighted by atomic mass is 16.5. The maximum atomic E-state index is 11.5. The van der Waals surface area contributed by atoms with Crippen LogP contribution in [0.2, 0.25) is 0 Å². The molecule has 0 aromatic heterocycles. The van der Waals surface area contributed by atoms with Crippen LogP contribution < -0.4 is 10.1 Å². The second kappa shape index (κ2) is 4.34. The van der Waals surface area contributed by atoms with Crippen molar-refractivity contribution in [3.8, 4) is 5.75 Å². The zero-order valence-corrected chi connectivity index (χ0v) is 8.82. The Morgan fingerprint density at radius 3 is 3.00 bits per heavy atom. The summed E-state index contributed by atoms with van der Waals surface area (Å²) >= 11 is 0. The lowest BCUT2D eigenvalue weighted by atomic mass is 10.3. The number of amides is 1. The zero-order chi connectivity index (χ0) is 10.7. The minimum Gasteiger partial charge on any atom is -0.494 e. The molecule has 0 unspecified atom stereocenters.